The van der Waals surface area contributed by atoms with Crippen LogP contribution in [0.5, 0.6) is 0 Å². The summed E-state index contributed by atoms with van der Waals surface area (Å²) in [6.45, 7) is 5.54. The first-order valence-electron chi connectivity index (χ1n) is 12.8. The van der Waals surface area contributed by atoms with Gasteiger partial charge < -0.3 is 24.7 Å². The fourth-order valence-electron chi connectivity index (χ4n) is 4.92. The van der Waals surface area contributed by atoms with Gasteiger partial charge in [-0.1, -0.05) is 37.1 Å². The Morgan fingerprint density at radius 1 is 1.08 bits per heavy atom. The highest BCUT2D eigenvalue weighted by Crippen LogP contribution is 2.26. The van der Waals surface area contributed by atoms with Crippen molar-refractivity contribution in [2.45, 2.75) is 44.7 Å². The molecule has 2 aromatic rings. The number of carbonyl (C=O) groups is 3. The number of nitrogens with zero attached hydrogens (tertiary/aromatic N) is 2. The fraction of sp³-hybridized carbons (Fsp3) is 0.519. The maximum atomic E-state index is 13.7. The van der Waals surface area contributed by atoms with Crippen LogP contribution in [0.15, 0.2) is 47.1 Å². The first kappa shape index (κ1) is 25.9. The van der Waals surface area contributed by atoms with E-state index in [2.05, 4.69) is 15.5 Å². The standard InChI is InChI=1S/C27H36N4O5/c1-20-7-2-5-10-22(20)25(27(34)29-21-8-3-4-9-21)31(13-12-30-14-17-35-18-15-30)24(32)19-28-26(33)23-11-6-16-36-23/h2,5-7,10-11,16,21,25H,3-4,8-9,12-15,17-19H2,1H3,(H,28,33)(H,29,34). The molecular weight excluding hydrogens is 460 g/mol. The average molecular weight is 497 g/mol. The molecule has 194 valence electrons. The molecule has 1 aliphatic heterocycles. The Hall–Kier alpha value is -3.17. The molecule has 3 amide bonds. The Morgan fingerprint density at radius 2 is 1.83 bits per heavy atom. The van der Waals surface area contributed by atoms with Crippen LogP contribution in [0.2, 0.25) is 0 Å². The Bertz CT molecular complexity index is 1010. The minimum atomic E-state index is -0.791. The van der Waals surface area contributed by atoms with Crippen molar-refractivity contribution in [3.8, 4) is 0 Å². The summed E-state index contributed by atoms with van der Waals surface area (Å²) in [5.74, 6) is -0.830. The van der Waals surface area contributed by atoms with E-state index in [0.29, 0.717) is 26.3 Å². The SMILES string of the molecule is Cc1ccccc1C(C(=O)NC1CCCC1)N(CCN1CCOCC1)C(=O)CNC(=O)c1ccco1. The van der Waals surface area contributed by atoms with Crippen molar-refractivity contribution < 1.29 is 23.5 Å². The molecule has 2 N–H and O–H groups in total. The third-order valence-electron chi connectivity index (χ3n) is 6.97. The lowest BCUT2D eigenvalue weighted by Crippen LogP contribution is -2.51. The number of ether oxygens (including phenoxy) is 1. The van der Waals surface area contributed by atoms with Gasteiger partial charge in [0, 0.05) is 32.2 Å². The van der Waals surface area contributed by atoms with Crippen molar-refractivity contribution in [1.29, 1.82) is 0 Å². The van der Waals surface area contributed by atoms with Crippen LogP contribution < -0.4 is 10.6 Å². The minimum absolute atomic E-state index is 0.124. The van der Waals surface area contributed by atoms with Crippen LogP contribution in [0.1, 0.15) is 53.4 Å². The summed E-state index contributed by atoms with van der Waals surface area (Å²) in [5, 5.41) is 5.84. The van der Waals surface area contributed by atoms with E-state index in [1.54, 1.807) is 17.0 Å². The number of hydrogen-bond donors (Lipinski definition) is 2. The molecule has 1 atom stereocenters. The van der Waals surface area contributed by atoms with Crippen molar-refractivity contribution in [2.24, 2.45) is 0 Å². The molecule has 1 aromatic carbocycles. The molecule has 0 bridgehead atoms. The number of hydrogen-bond acceptors (Lipinski definition) is 6. The normalized spacial score (nSPS) is 17.5. The molecule has 2 heterocycles. The largest absolute Gasteiger partial charge is 0.459 e. The Kier molecular flexibility index (Phi) is 9.13. The number of carbonyl (C=O) groups excluding carboxylic acids is 3. The van der Waals surface area contributed by atoms with Crippen LogP contribution in [0.25, 0.3) is 0 Å². The Morgan fingerprint density at radius 3 is 2.53 bits per heavy atom. The molecule has 0 radical (unpaired) electrons. The van der Waals surface area contributed by atoms with Crippen LogP contribution in [0.3, 0.4) is 0 Å². The van der Waals surface area contributed by atoms with Crippen molar-refractivity contribution in [3.63, 3.8) is 0 Å². The van der Waals surface area contributed by atoms with E-state index in [4.69, 9.17) is 9.15 Å². The van der Waals surface area contributed by atoms with Gasteiger partial charge in [0.2, 0.25) is 11.8 Å². The molecule has 9 nitrogen and oxygen atoms in total. The zero-order valence-electron chi connectivity index (χ0n) is 20.9. The van der Waals surface area contributed by atoms with Crippen molar-refractivity contribution in [1.82, 2.24) is 20.4 Å². The van der Waals surface area contributed by atoms with E-state index >= 15 is 0 Å². The summed E-state index contributed by atoms with van der Waals surface area (Å²) in [5.41, 5.74) is 1.73. The van der Waals surface area contributed by atoms with Gasteiger partial charge in [0.25, 0.3) is 5.91 Å². The highest BCUT2D eigenvalue weighted by Gasteiger charge is 2.34. The van der Waals surface area contributed by atoms with Crippen LogP contribution in [-0.2, 0) is 14.3 Å². The predicted octanol–water partition coefficient (Wildman–Crippen LogP) is 2.28. The molecule has 4 rings (SSSR count). The second-order valence-corrected chi connectivity index (χ2v) is 9.45. The molecule has 2 fully saturated rings. The van der Waals surface area contributed by atoms with Gasteiger partial charge in [-0.2, -0.15) is 0 Å². The number of benzene rings is 1. The van der Waals surface area contributed by atoms with E-state index in [-0.39, 0.29) is 30.2 Å². The van der Waals surface area contributed by atoms with E-state index in [1.807, 2.05) is 31.2 Å². The molecule has 1 saturated carbocycles. The summed E-state index contributed by atoms with van der Waals surface area (Å²) >= 11 is 0. The molecule has 1 saturated heterocycles. The topological polar surface area (TPSA) is 104 Å². The van der Waals surface area contributed by atoms with Gasteiger partial charge in [0.1, 0.15) is 6.04 Å². The van der Waals surface area contributed by atoms with Gasteiger partial charge in [-0.3, -0.25) is 19.3 Å². The summed E-state index contributed by atoms with van der Waals surface area (Å²) in [6, 6.07) is 10.2. The monoisotopic (exact) mass is 496 g/mol. The zero-order valence-corrected chi connectivity index (χ0v) is 20.9. The number of furan rings is 1. The molecular formula is C27H36N4O5. The molecule has 1 aliphatic carbocycles. The van der Waals surface area contributed by atoms with Crippen molar-refractivity contribution >= 4 is 17.7 Å². The molecule has 0 spiro atoms. The second kappa shape index (κ2) is 12.7. The van der Waals surface area contributed by atoms with Crippen LogP contribution >= 0.6 is 0 Å². The van der Waals surface area contributed by atoms with Crippen molar-refractivity contribution in [2.75, 3.05) is 45.9 Å². The second-order valence-electron chi connectivity index (χ2n) is 9.45. The molecule has 1 unspecified atom stereocenters. The predicted molar refractivity (Wildman–Crippen MR) is 134 cm³/mol. The summed E-state index contributed by atoms with van der Waals surface area (Å²) in [7, 11) is 0. The highest BCUT2D eigenvalue weighted by molar-refractivity contribution is 5.95. The maximum absolute atomic E-state index is 13.7. The van der Waals surface area contributed by atoms with E-state index in [9.17, 15) is 14.4 Å². The highest BCUT2D eigenvalue weighted by atomic mass is 16.5. The third kappa shape index (κ3) is 6.73. The molecule has 36 heavy (non-hydrogen) atoms. The van der Waals surface area contributed by atoms with Crippen LogP contribution in [0, 0.1) is 6.92 Å². The van der Waals surface area contributed by atoms with Gasteiger partial charge >= 0.3 is 0 Å². The quantitative estimate of drug-likeness (QED) is 0.523. The third-order valence-corrected chi connectivity index (χ3v) is 6.97. The first-order valence-corrected chi connectivity index (χ1v) is 12.8. The van der Waals surface area contributed by atoms with Gasteiger partial charge in [0.15, 0.2) is 5.76 Å². The number of aryl methyl sites for hydroxylation is 1. The molecule has 1 aromatic heterocycles. The zero-order chi connectivity index (χ0) is 25.3. The first-order chi connectivity index (χ1) is 17.5. The number of amides is 3. The summed E-state index contributed by atoms with van der Waals surface area (Å²) in [4.78, 5) is 43.6. The molecule has 2 aliphatic rings. The number of nitrogens with one attached hydrogen (secondary N) is 2. The van der Waals surface area contributed by atoms with Gasteiger partial charge in [-0.25, -0.2) is 0 Å². The lowest BCUT2D eigenvalue weighted by Gasteiger charge is -2.35. The van der Waals surface area contributed by atoms with Gasteiger partial charge in [-0.05, 0) is 43.0 Å². The lowest BCUT2D eigenvalue weighted by molar-refractivity contribution is -0.140. The maximum Gasteiger partial charge on any atom is 0.287 e. The van der Waals surface area contributed by atoms with Crippen molar-refractivity contribution in [3.05, 3.63) is 59.5 Å². The number of morpholine rings is 1. The summed E-state index contributed by atoms with van der Waals surface area (Å²) in [6.07, 6.45) is 5.50. The van der Waals surface area contributed by atoms with E-state index in [0.717, 1.165) is 49.9 Å². The average Bonchev–Trinajstić information content (AvgIpc) is 3.61. The van der Waals surface area contributed by atoms with Crippen LogP contribution in [-0.4, -0.2) is 79.5 Å². The van der Waals surface area contributed by atoms with E-state index < -0.39 is 11.9 Å². The summed E-state index contributed by atoms with van der Waals surface area (Å²) < 4.78 is 10.6. The minimum Gasteiger partial charge on any atom is -0.459 e. The fourth-order valence-corrected chi connectivity index (χ4v) is 4.92. The van der Waals surface area contributed by atoms with E-state index in [1.165, 1.54) is 6.26 Å². The van der Waals surface area contributed by atoms with Gasteiger partial charge in [0.05, 0.1) is 26.0 Å². The number of rotatable bonds is 10. The smallest absolute Gasteiger partial charge is 0.287 e. The van der Waals surface area contributed by atoms with Gasteiger partial charge in [-0.15, -0.1) is 0 Å². The van der Waals surface area contributed by atoms with Crippen LogP contribution in [0.4, 0.5) is 0 Å². The lowest BCUT2D eigenvalue weighted by atomic mass is 9.98. The Labute approximate surface area is 212 Å². The Balaban J connectivity index is 1.57. The molecule has 9 heteroatoms.